The van der Waals surface area contributed by atoms with Crippen LogP contribution in [0.25, 0.3) is 0 Å². The zero-order chi connectivity index (χ0) is 12.7. The number of hydrogen-bond donors (Lipinski definition) is 1. The van der Waals surface area contributed by atoms with Crippen molar-refractivity contribution in [1.82, 2.24) is 0 Å². The van der Waals surface area contributed by atoms with Gasteiger partial charge in [-0.15, -0.1) is 11.8 Å². The summed E-state index contributed by atoms with van der Waals surface area (Å²) in [6.45, 7) is 7.04. The predicted octanol–water partition coefficient (Wildman–Crippen LogP) is 4.24. The van der Waals surface area contributed by atoms with Crippen LogP contribution in [0.2, 0.25) is 0 Å². The molecule has 0 aliphatic rings. The smallest absolute Gasteiger partial charge is 0.0431 e. The van der Waals surface area contributed by atoms with Crippen LogP contribution in [0.3, 0.4) is 0 Å². The highest BCUT2D eigenvalue weighted by molar-refractivity contribution is 7.99. The first-order valence-electron chi connectivity index (χ1n) is 6.38. The number of rotatable bonds is 6. The second-order valence-corrected chi connectivity index (χ2v) is 6.58. The van der Waals surface area contributed by atoms with Crippen molar-refractivity contribution in [1.29, 1.82) is 0 Å². The maximum atomic E-state index is 8.68. The Labute approximate surface area is 110 Å². The van der Waals surface area contributed by atoms with Gasteiger partial charge in [-0.2, -0.15) is 0 Å². The van der Waals surface area contributed by atoms with Crippen LogP contribution in [0, 0.1) is 0 Å². The van der Waals surface area contributed by atoms with Crippen LogP contribution in [0.1, 0.15) is 45.6 Å². The van der Waals surface area contributed by atoms with Gasteiger partial charge in [0.1, 0.15) is 0 Å². The van der Waals surface area contributed by atoms with Crippen molar-refractivity contribution < 1.29 is 5.11 Å². The fourth-order valence-corrected chi connectivity index (χ4v) is 2.54. The zero-order valence-electron chi connectivity index (χ0n) is 11.2. The number of aliphatic hydroxyl groups is 1. The lowest BCUT2D eigenvalue weighted by Crippen LogP contribution is -2.10. The Bertz CT molecular complexity index is 311. The normalized spacial score (nSPS) is 11.8. The van der Waals surface area contributed by atoms with E-state index in [1.54, 1.807) is 0 Å². The predicted molar refractivity (Wildman–Crippen MR) is 76.8 cm³/mol. The zero-order valence-corrected chi connectivity index (χ0v) is 12.0. The first-order chi connectivity index (χ1) is 8.04. The number of hydrogen-bond acceptors (Lipinski definition) is 2. The molecule has 0 heterocycles. The van der Waals surface area contributed by atoms with Crippen molar-refractivity contribution in [3.8, 4) is 0 Å². The van der Waals surface area contributed by atoms with Crippen LogP contribution in [0.5, 0.6) is 0 Å². The van der Waals surface area contributed by atoms with Crippen LogP contribution >= 0.6 is 11.8 Å². The van der Waals surface area contributed by atoms with Gasteiger partial charge in [0.15, 0.2) is 0 Å². The molecule has 96 valence electrons. The van der Waals surface area contributed by atoms with Gasteiger partial charge in [-0.25, -0.2) is 0 Å². The average Bonchev–Trinajstić information content (AvgIpc) is 2.28. The Morgan fingerprint density at radius 1 is 1.00 bits per heavy atom. The van der Waals surface area contributed by atoms with E-state index in [-0.39, 0.29) is 5.41 Å². The topological polar surface area (TPSA) is 20.2 Å². The van der Waals surface area contributed by atoms with Crippen molar-refractivity contribution in [3.05, 3.63) is 29.8 Å². The Hall–Kier alpha value is -0.470. The average molecular weight is 252 g/mol. The lowest BCUT2D eigenvalue weighted by molar-refractivity contribution is 0.284. The molecule has 1 N–H and O–H groups in total. The quantitative estimate of drug-likeness (QED) is 0.603. The first-order valence-corrected chi connectivity index (χ1v) is 7.37. The molecule has 0 aromatic heterocycles. The van der Waals surface area contributed by atoms with Crippen molar-refractivity contribution >= 4 is 11.8 Å². The van der Waals surface area contributed by atoms with Crippen LogP contribution in [0.15, 0.2) is 29.2 Å². The van der Waals surface area contributed by atoms with Crippen LogP contribution in [-0.4, -0.2) is 17.5 Å². The molecule has 1 rings (SSSR count). The Kier molecular flexibility index (Phi) is 6.07. The molecule has 0 spiro atoms. The SMILES string of the molecule is CC(C)(C)c1ccc(SCCCCCO)cc1. The summed E-state index contributed by atoms with van der Waals surface area (Å²) in [4.78, 5) is 1.35. The van der Waals surface area contributed by atoms with Gasteiger partial charge in [-0.05, 0) is 41.7 Å². The summed E-state index contributed by atoms with van der Waals surface area (Å²) >= 11 is 1.91. The molecule has 0 radical (unpaired) electrons. The van der Waals surface area contributed by atoms with Crippen molar-refractivity contribution in [3.63, 3.8) is 0 Å². The monoisotopic (exact) mass is 252 g/mol. The van der Waals surface area contributed by atoms with Gasteiger partial charge in [0.25, 0.3) is 0 Å². The summed E-state index contributed by atoms with van der Waals surface area (Å²) in [5.74, 6) is 1.15. The van der Waals surface area contributed by atoms with E-state index in [2.05, 4.69) is 45.0 Å². The lowest BCUT2D eigenvalue weighted by atomic mass is 9.87. The van der Waals surface area contributed by atoms with Crippen LogP contribution in [0.4, 0.5) is 0 Å². The van der Waals surface area contributed by atoms with E-state index in [0.29, 0.717) is 6.61 Å². The van der Waals surface area contributed by atoms with E-state index < -0.39 is 0 Å². The maximum absolute atomic E-state index is 8.68. The fourth-order valence-electron chi connectivity index (χ4n) is 1.63. The Balaban J connectivity index is 2.36. The molecule has 0 unspecified atom stereocenters. The molecular weight excluding hydrogens is 228 g/mol. The summed E-state index contributed by atoms with van der Waals surface area (Å²) < 4.78 is 0. The number of aliphatic hydroxyl groups excluding tert-OH is 1. The van der Waals surface area contributed by atoms with Gasteiger partial charge in [-0.1, -0.05) is 39.3 Å². The van der Waals surface area contributed by atoms with Gasteiger partial charge < -0.3 is 5.11 Å². The fraction of sp³-hybridized carbons (Fsp3) is 0.600. The number of thioether (sulfide) groups is 1. The van der Waals surface area contributed by atoms with Crippen molar-refractivity contribution in [2.75, 3.05) is 12.4 Å². The molecule has 2 heteroatoms. The highest BCUT2D eigenvalue weighted by Gasteiger charge is 2.12. The molecule has 0 bridgehead atoms. The summed E-state index contributed by atoms with van der Waals surface area (Å²) in [6, 6.07) is 8.90. The van der Waals surface area contributed by atoms with Crippen molar-refractivity contribution in [2.45, 2.75) is 50.3 Å². The Morgan fingerprint density at radius 3 is 2.18 bits per heavy atom. The second kappa shape index (κ2) is 7.07. The molecule has 0 saturated heterocycles. The van der Waals surface area contributed by atoms with E-state index in [0.717, 1.165) is 18.6 Å². The first kappa shape index (κ1) is 14.6. The largest absolute Gasteiger partial charge is 0.396 e. The molecule has 17 heavy (non-hydrogen) atoms. The molecule has 0 amide bonds. The molecular formula is C15H24OS. The van der Waals surface area contributed by atoms with Crippen LogP contribution in [-0.2, 0) is 5.41 Å². The third kappa shape index (κ3) is 5.60. The second-order valence-electron chi connectivity index (χ2n) is 5.41. The summed E-state index contributed by atoms with van der Waals surface area (Å²) in [6.07, 6.45) is 3.25. The number of unbranched alkanes of at least 4 members (excludes halogenated alkanes) is 2. The van der Waals surface area contributed by atoms with E-state index in [1.165, 1.54) is 16.9 Å². The molecule has 0 saturated carbocycles. The van der Waals surface area contributed by atoms with Gasteiger partial charge in [0.05, 0.1) is 0 Å². The van der Waals surface area contributed by atoms with E-state index in [9.17, 15) is 0 Å². The molecule has 1 aromatic rings. The third-order valence-electron chi connectivity index (χ3n) is 2.79. The van der Waals surface area contributed by atoms with Gasteiger partial charge in [-0.3, -0.25) is 0 Å². The third-order valence-corrected chi connectivity index (χ3v) is 3.89. The van der Waals surface area contributed by atoms with E-state index in [4.69, 9.17) is 5.11 Å². The summed E-state index contributed by atoms with van der Waals surface area (Å²) in [5.41, 5.74) is 1.63. The molecule has 0 atom stereocenters. The lowest BCUT2D eigenvalue weighted by Gasteiger charge is -2.19. The van der Waals surface area contributed by atoms with Crippen molar-refractivity contribution in [2.24, 2.45) is 0 Å². The van der Waals surface area contributed by atoms with Gasteiger partial charge in [0, 0.05) is 11.5 Å². The van der Waals surface area contributed by atoms with E-state index in [1.807, 2.05) is 11.8 Å². The molecule has 0 aliphatic carbocycles. The minimum absolute atomic E-state index is 0.240. The molecule has 1 aromatic carbocycles. The summed E-state index contributed by atoms with van der Waals surface area (Å²) in [5, 5.41) is 8.68. The summed E-state index contributed by atoms with van der Waals surface area (Å²) in [7, 11) is 0. The minimum atomic E-state index is 0.240. The highest BCUT2D eigenvalue weighted by Crippen LogP contribution is 2.26. The molecule has 1 nitrogen and oxygen atoms in total. The molecule has 0 aliphatic heterocycles. The van der Waals surface area contributed by atoms with Crippen LogP contribution < -0.4 is 0 Å². The minimum Gasteiger partial charge on any atom is -0.396 e. The molecule has 0 fully saturated rings. The van der Waals surface area contributed by atoms with Gasteiger partial charge >= 0.3 is 0 Å². The number of benzene rings is 1. The van der Waals surface area contributed by atoms with Gasteiger partial charge in [0.2, 0.25) is 0 Å². The standard InChI is InChI=1S/C15H24OS/c1-15(2,3)13-7-9-14(10-8-13)17-12-6-4-5-11-16/h7-10,16H,4-6,11-12H2,1-3H3. The maximum Gasteiger partial charge on any atom is 0.0431 e. The van der Waals surface area contributed by atoms with E-state index >= 15 is 0 Å². The Morgan fingerprint density at radius 2 is 1.65 bits per heavy atom. The highest BCUT2D eigenvalue weighted by atomic mass is 32.2.